The van der Waals surface area contributed by atoms with E-state index in [1.54, 1.807) is 0 Å². The molecule has 0 fully saturated rings. The maximum absolute atomic E-state index is 5.76. The van der Waals surface area contributed by atoms with E-state index in [0.29, 0.717) is 26.4 Å². The van der Waals surface area contributed by atoms with Crippen molar-refractivity contribution in [1.29, 1.82) is 0 Å². The van der Waals surface area contributed by atoms with Crippen LogP contribution >= 0.6 is 0 Å². The van der Waals surface area contributed by atoms with Gasteiger partial charge in [-0.1, -0.05) is 86.2 Å². The highest BCUT2D eigenvalue weighted by molar-refractivity contribution is 6.83. The molecule has 0 spiro atoms. The SMILES string of the molecule is C#CC(C)(C)COCc1ccccc1.CC(C)(C#C[Si](C)(C)C)COCc1ccccc1. The summed E-state index contributed by atoms with van der Waals surface area (Å²) in [5.74, 6) is 6.07. The van der Waals surface area contributed by atoms with E-state index in [1.165, 1.54) is 11.1 Å². The summed E-state index contributed by atoms with van der Waals surface area (Å²) >= 11 is 0. The van der Waals surface area contributed by atoms with Gasteiger partial charge in [-0.15, -0.1) is 17.9 Å². The largest absolute Gasteiger partial charge is 0.375 e. The zero-order valence-electron chi connectivity index (χ0n) is 21.0. The molecule has 172 valence electrons. The first-order valence-electron chi connectivity index (χ1n) is 11.2. The summed E-state index contributed by atoms with van der Waals surface area (Å²) in [5, 5.41) is 0. The van der Waals surface area contributed by atoms with E-state index < -0.39 is 8.07 Å². The summed E-state index contributed by atoms with van der Waals surface area (Å²) in [6, 6.07) is 20.4. The Morgan fingerprint density at radius 3 is 1.50 bits per heavy atom. The Morgan fingerprint density at radius 2 is 1.12 bits per heavy atom. The molecule has 0 aliphatic carbocycles. The molecule has 2 aromatic carbocycles. The van der Waals surface area contributed by atoms with Crippen LogP contribution in [0.5, 0.6) is 0 Å². The normalized spacial score (nSPS) is 11.4. The number of rotatable bonds is 8. The Bertz CT molecular complexity index is 876. The second-order valence-electron chi connectivity index (χ2n) is 10.4. The summed E-state index contributed by atoms with van der Waals surface area (Å²) in [6.07, 6.45) is 5.36. The smallest absolute Gasteiger partial charge is 0.129 e. The van der Waals surface area contributed by atoms with Crippen molar-refractivity contribution in [1.82, 2.24) is 0 Å². The quantitative estimate of drug-likeness (QED) is 0.320. The van der Waals surface area contributed by atoms with Crippen molar-refractivity contribution >= 4 is 8.07 Å². The van der Waals surface area contributed by atoms with Gasteiger partial charge in [-0.2, -0.15) is 0 Å². The second kappa shape index (κ2) is 13.3. The van der Waals surface area contributed by atoms with Crippen molar-refractivity contribution in [2.45, 2.75) is 60.5 Å². The van der Waals surface area contributed by atoms with Crippen LogP contribution in [0.25, 0.3) is 0 Å². The highest BCUT2D eigenvalue weighted by Gasteiger charge is 2.16. The molecule has 0 aliphatic heterocycles. The molecule has 2 aromatic rings. The predicted octanol–water partition coefficient (Wildman–Crippen LogP) is 6.97. The van der Waals surface area contributed by atoms with Gasteiger partial charge in [0, 0.05) is 10.8 Å². The maximum Gasteiger partial charge on any atom is 0.129 e. The van der Waals surface area contributed by atoms with Crippen molar-refractivity contribution in [3.8, 4) is 23.8 Å². The van der Waals surface area contributed by atoms with Crippen molar-refractivity contribution in [3.05, 3.63) is 71.8 Å². The van der Waals surface area contributed by atoms with Gasteiger partial charge >= 0.3 is 0 Å². The maximum atomic E-state index is 5.76. The molecule has 0 amide bonds. The average Bonchev–Trinajstić information content (AvgIpc) is 2.74. The molecule has 0 saturated carbocycles. The molecular formula is C29H40O2Si. The third-order valence-electron chi connectivity index (χ3n) is 4.32. The number of terminal acetylenes is 1. The minimum Gasteiger partial charge on any atom is -0.375 e. The first kappa shape index (κ1) is 27.7. The van der Waals surface area contributed by atoms with E-state index in [9.17, 15) is 0 Å². The van der Waals surface area contributed by atoms with Crippen LogP contribution in [0.4, 0.5) is 0 Å². The molecule has 0 atom stereocenters. The number of benzene rings is 2. The fourth-order valence-corrected chi connectivity index (χ4v) is 3.14. The Labute approximate surface area is 197 Å². The van der Waals surface area contributed by atoms with Crippen molar-refractivity contribution < 1.29 is 9.47 Å². The summed E-state index contributed by atoms with van der Waals surface area (Å²) in [7, 11) is -1.29. The van der Waals surface area contributed by atoms with Gasteiger partial charge in [0.25, 0.3) is 0 Å². The summed E-state index contributed by atoms with van der Waals surface area (Å²) < 4.78 is 11.3. The van der Waals surface area contributed by atoms with E-state index >= 15 is 0 Å². The molecule has 32 heavy (non-hydrogen) atoms. The lowest BCUT2D eigenvalue weighted by Gasteiger charge is -2.18. The van der Waals surface area contributed by atoms with Gasteiger partial charge in [-0.3, -0.25) is 0 Å². The second-order valence-corrected chi connectivity index (χ2v) is 15.1. The van der Waals surface area contributed by atoms with E-state index in [4.69, 9.17) is 15.9 Å². The van der Waals surface area contributed by atoms with Crippen LogP contribution in [0.1, 0.15) is 38.8 Å². The molecule has 0 radical (unpaired) electrons. The Hall–Kier alpha value is -2.30. The Balaban J connectivity index is 0.000000330. The fraction of sp³-hybridized carbons (Fsp3) is 0.448. The van der Waals surface area contributed by atoms with Crippen LogP contribution in [0.2, 0.25) is 19.6 Å². The lowest BCUT2D eigenvalue weighted by atomic mass is 9.96. The third kappa shape index (κ3) is 13.9. The van der Waals surface area contributed by atoms with Gasteiger partial charge in [0.15, 0.2) is 0 Å². The zero-order valence-corrected chi connectivity index (χ0v) is 22.0. The highest BCUT2D eigenvalue weighted by atomic mass is 28.3. The van der Waals surface area contributed by atoms with Crippen LogP contribution in [0, 0.1) is 34.6 Å². The molecule has 0 bridgehead atoms. The standard InChI is InChI=1S/C16H24OSi.C13H16O/c1-16(2,11-12-18(3,4)5)14-17-13-15-9-7-6-8-10-15;1-4-13(2,3)11-14-10-12-8-6-5-7-9-12/h6-10H,13-14H2,1-5H3;1,5-9H,10-11H2,2-3H3. The first-order chi connectivity index (χ1) is 14.9. The molecule has 2 nitrogen and oxygen atoms in total. The molecule has 2 rings (SSSR count). The minimum atomic E-state index is -1.29. The first-order valence-corrected chi connectivity index (χ1v) is 14.7. The molecular weight excluding hydrogens is 408 g/mol. The van der Waals surface area contributed by atoms with Crippen LogP contribution in [0.15, 0.2) is 60.7 Å². The van der Waals surface area contributed by atoms with E-state index in [2.05, 4.69) is 63.0 Å². The fourth-order valence-electron chi connectivity index (χ4n) is 2.43. The van der Waals surface area contributed by atoms with Gasteiger partial charge in [0.05, 0.1) is 26.4 Å². The zero-order chi connectivity index (χ0) is 24.1. The van der Waals surface area contributed by atoms with Crippen molar-refractivity contribution in [3.63, 3.8) is 0 Å². The third-order valence-corrected chi connectivity index (χ3v) is 5.19. The van der Waals surface area contributed by atoms with Gasteiger partial charge in [-0.25, -0.2) is 0 Å². The van der Waals surface area contributed by atoms with Crippen LogP contribution in [0.3, 0.4) is 0 Å². The van der Waals surface area contributed by atoms with Gasteiger partial charge in [0.1, 0.15) is 8.07 Å². The van der Waals surface area contributed by atoms with Crippen molar-refractivity contribution in [2.75, 3.05) is 13.2 Å². The summed E-state index contributed by atoms with van der Waals surface area (Å²) in [6.45, 7) is 17.7. The van der Waals surface area contributed by atoms with E-state index in [-0.39, 0.29) is 10.8 Å². The molecule has 3 heteroatoms. The van der Waals surface area contributed by atoms with Crippen LogP contribution in [-0.2, 0) is 22.7 Å². The Morgan fingerprint density at radius 1 is 0.719 bits per heavy atom. The van der Waals surface area contributed by atoms with E-state index in [1.807, 2.05) is 62.4 Å². The van der Waals surface area contributed by atoms with Gasteiger partial charge in [0.2, 0.25) is 0 Å². The molecule has 0 unspecified atom stereocenters. The Kier molecular flexibility index (Phi) is 11.5. The summed E-state index contributed by atoms with van der Waals surface area (Å²) in [4.78, 5) is 0. The average molecular weight is 449 g/mol. The molecule has 0 aliphatic rings. The highest BCUT2D eigenvalue weighted by Crippen LogP contribution is 2.16. The lowest BCUT2D eigenvalue weighted by Crippen LogP contribution is -2.21. The van der Waals surface area contributed by atoms with Gasteiger partial charge < -0.3 is 9.47 Å². The molecule has 0 aromatic heterocycles. The predicted molar refractivity (Wildman–Crippen MR) is 140 cm³/mol. The lowest BCUT2D eigenvalue weighted by molar-refractivity contribution is 0.0753. The van der Waals surface area contributed by atoms with Crippen LogP contribution in [-0.4, -0.2) is 21.3 Å². The number of hydrogen-bond acceptors (Lipinski definition) is 2. The molecule has 0 N–H and O–H groups in total. The number of hydrogen-bond donors (Lipinski definition) is 0. The minimum absolute atomic E-state index is 0.0605. The van der Waals surface area contributed by atoms with Crippen LogP contribution < -0.4 is 0 Å². The van der Waals surface area contributed by atoms with E-state index in [0.717, 1.165) is 0 Å². The van der Waals surface area contributed by atoms with Crippen molar-refractivity contribution in [2.24, 2.45) is 10.8 Å². The monoisotopic (exact) mass is 448 g/mol. The molecule has 0 heterocycles. The topological polar surface area (TPSA) is 18.5 Å². The molecule has 0 saturated heterocycles. The number of ether oxygens (including phenoxy) is 2. The summed E-state index contributed by atoms with van der Waals surface area (Å²) in [5.41, 5.74) is 5.58. The van der Waals surface area contributed by atoms with Gasteiger partial charge in [-0.05, 0) is 38.8 Å².